The summed E-state index contributed by atoms with van der Waals surface area (Å²) in [6, 6.07) is 0.0129. The molecule has 0 radical (unpaired) electrons. The third-order valence-corrected chi connectivity index (χ3v) is 4.80. The number of carboxylic acid groups (broad SMARTS) is 1. The maximum Gasteiger partial charge on any atom is 0.306 e. The normalized spacial score (nSPS) is 29.9. The van der Waals surface area contributed by atoms with Gasteiger partial charge in [-0.2, -0.15) is 0 Å². The Balaban J connectivity index is 1.91. The Hall–Kier alpha value is -1.10. The second-order valence-corrected chi connectivity index (χ2v) is 6.06. The van der Waals surface area contributed by atoms with Gasteiger partial charge in [0.15, 0.2) is 0 Å². The molecule has 0 aromatic rings. The monoisotopic (exact) mass is 268 g/mol. The molecule has 5 heteroatoms. The number of carbonyl (C=O) groups excluding carboxylic acids is 1. The van der Waals surface area contributed by atoms with Crippen molar-refractivity contribution in [2.75, 3.05) is 6.54 Å². The van der Waals surface area contributed by atoms with Crippen LogP contribution in [-0.4, -0.2) is 29.6 Å². The fourth-order valence-corrected chi connectivity index (χ4v) is 3.43. The second kappa shape index (κ2) is 5.90. The first-order valence-corrected chi connectivity index (χ1v) is 7.31. The molecule has 5 nitrogen and oxygen atoms in total. The fraction of sp³-hybridized carbons (Fsp3) is 0.857. The predicted molar refractivity (Wildman–Crippen MR) is 71.5 cm³/mol. The first kappa shape index (κ1) is 14.3. The summed E-state index contributed by atoms with van der Waals surface area (Å²) in [5.74, 6) is -1.00. The topological polar surface area (TPSA) is 92.4 Å². The molecule has 0 saturated heterocycles. The summed E-state index contributed by atoms with van der Waals surface area (Å²) >= 11 is 0. The molecule has 1 amide bonds. The Morgan fingerprint density at radius 2 is 1.89 bits per heavy atom. The molecule has 2 atom stereocenters. The number of aliphatic carboxylic acids is 1. The number of nitrogens with one attached hydrogen (secondary N) is 1. The highest BCUT2D eigenvalue weighted by molar-refractivity contribution is 5.83. The zero-order chi connectivity index (χ0) is 13.9. The number of amides is 1. The van der Waals surface area contributed by atoms with E-state index in [-0.39, 0.29) is 17.9 Å². The van der Waals surface area contributed by atoms with Crippen LogP contribution < -0.4 is 11.1 Å². The average molecular weight is 268 g/mol. The third kappa shape index (κ3) is 3.08. The van der Waals surface area contributed by atoms with Gasteiger partial charge < -0.3 is 16.2 Å². The van der Waals surface area contributed by atoms with E-state index in [0.717, 1.165) is 32.1 Å². The van der Waals surface area contributed by atoms with Crippen molar-refractivity contribution in [2.24, 2.45) is 17.1 Å². The minimum absolute atomic E-state index is 0.0129. The zero-order valence-corrected chi connectivity index (χ0v) is 11.4. The summed E-state index contributed by atoms with van der Waals surface area (Å²) in [6.07, 6.45) is 7.02. The smallest absolute Gasteiger partial charge is 0.306 e. The molecule has 2 saturated carbocycles. The van der Waals surface area contributed by atoms with Crippen molar-refractivity contribution in [1.29, 1.82) is 0 Å². The van der Waals surface area contributed by atoms with Crippen molar-refractivity contribution in [3.05, 3.63) is 0 Å². The Morgan fingerprint density at radius 1 is 1.21 bits per heavy atom. The predicted octanol–water partition coefficient (Wildman–Crippen LogP) is 1.27. The maximum absolute atomic E-state index is 12.4. The van der Waals surface area contributed by atoms with Crippen LogP contribution in [0.15, 0.2) is 0 Å². The van der Waals surface area contributed by atoms with E-state index in [2.05, 4.69) is 5.32 Å². The van der Waals surface area contributed by atoms with Crippen molar-refractivity contribution < 1.29 is 14.7 Å². The van der Waals surface area contributed by atoms with Gasteiger partial charge in [0, 0.05) is 12.6 Å². The van der Waals surface area contributed by atoms with E-state index in [1.54, 1.807) is 0 Å². The van der Waals surface area contributed by atoms with Crippen LogP contribution >= 0.6 is 0 Å². The van der Waals surface area contributed by atoms with Crippen molar-refractivity contribution in [3.63, 3.8) is 0 Å². The van der Waals surface area contributed by atoms with Gasteiger partial charge in [0.05, 0.1) is 11.3 Å². The lowest BCUT2D eigenvalue weighted by Gasteiger charge is -2.35. The lowest BCUT2D eigenvalue weighted by atomic mass is 9.73. The molecule has 19 heavy (non-hydrogen) atoms. The zero-order valence-electron chi connectivity index (χ0n) is 11.4. The number of hydrogen-bond donors (Lipinski definition) is 3. The molecule has 2 aliphatic carbocycles. The fourth-order valence-electron chi connectivity index (χ4n) is 3.43. The standard InChI is InChI=1S/C14H24N2O3/c15-9-14(6-2-1-3-7-14)13(19)16-11-5-4-10(8-11)12(17)18/h10-11H,1-9,15H2,(H,16,19)(H,17,18)/t10-,11+/m1/s1. The molecular formula is C14H24N2O3. The average Bonchev–Trinajstić information content (AvgIpc) is 2.88. The van der Waals surface area contributed by atoms with Crippen LogP contribution in [0.5, 0.6) is 0 Å². The number of carbonyl (C=O) groups is 2. The second-order valence-electron chi connectivity index (χ2n) is 6.06. The van der Waals surface area contributed by atoms with Gasteiger partial charge in [0.2, 0.25) is 5.91 Å². The molecule has 4 N–H and O–H groups in total. The van der Waals surface area contributed by atoms with Crippen molar-refractivity contribution in [2.45, 2.75) is 57.4 Å². The van der Waals surface area contributed by atoms with Crippen molar-refractivity contribution >= 4 is 11.9 Å². The van der Waals surface area contributed by atoms with Gasteiger partial charge >= 0.3 is 5.97 Å². The molecular weight excluding hydrogens is 244 g/mol. The number of rotatable bonds is 4. The Morgan fingerprint density at radius 3 is 2.42 bits per heavy atom. The molecule has 0 heterocycles. The van der Waals surface area contributed by atoms with Gasteiger partial charge in [-0.05, 0) is 32.1 Å². The van der Waals surface area contributed by atoms with E-state index in [1.165, 1.54) is 6.42 Å². The van der Waals surface area contributed by atoms with Crippen LogP contribution in [0.2, 0.25) is 0 Å². The van der Waals surface area contributed by atoms with Gasteiger partial charge in [-0.25, -0.2) is 0 Å². The third-order valence-electron chi connectivity index (χ3n) is 4.80. The van der Waals surface area contributed by atoms with Crippen LogP contribution in [0, 0.1) is 11.3 Å². The molecule has 2 rings (SSSR count). The SMILES string of the molecule is NCC1(C(=O)N[C@H]2CC[C@@H](C(=O)O)C2)CCCCC1. The van der Waals surface area contributed by atoms with Gasteiger partial charge in [0.25, 0.3) is 0 Å². The quantitative estimate of drug-likeness (QED) is 0.715. The van der Waals surface area contributed by atoms with Crippen molar-refractivity contribution in [1.82, 2.24) is 5.32 Å². The Labute approximate surface area is 113 Å². The number of hydrogen-bond acceptors (Lipinski definition) is 3. The van der Waals surface area contributed by atoms with E-state index in [4.69, 9.17) is 10.8 Å². The summed E-state index contributed by atoms with van der Waals surface area (Å²) in [5, 5.41) is 12.0. The first-order chi connectivity index (χ1) is 9.07. The Kier molecular flexibility index (Phi) is 4.45. The molecule has 0 aliphatic heterocycles. The molecule has 108 valence electrons. The van der Waals surface area contributed by atoms with Crippen LogP contribution in [0.25, 0.3) is 0 Å². The summed E-state index contributed by atoms with van der Waals surface area (Å²) in [4.78, 5) is 23.4. The van der Waals surface area contributed by atoms with Crippen molar-refractivity contribution in [3.8, 4) is 0 Å². The molecule has 0 aromatic carbocycles. The maximum atomic E-state index is 12.4. The van der Waals surface area contributed by atoms with E-state index < -0.39 is 11.4 Å². The highest BCUT2D eigenvalue weighted by Crippen LogP contribution is 2.36. The molecule has 2 aliphatic rings. The van der Waals surface area contributed by atoms with Gasteiger partial charge in [0.1, 0.15) is 0 Å². The van der Waals surface area contributed by atoms with E-state index >= 15 is 0 Å². The summed E-state index contributed by atoms with van der Waals surface area (Å²) < 4.78 is 0. The van der Waals surface area contributed by atoms with Crippen LogP contribution in [-0.2, 0) is 9.59 Å². The summed E-state index contributed by atoms with van der Waals surface area (Å²) in [7, 11) is 0. The molecule has 0 bridgehead atoms. The number of nitrogens with two attached hydrogens (primary N) is 1. The Bertz CT molecular complexity index is 351. The highest BCUT2D eigenvalue weighted by atomic mass is 16.4. The van der Waals surface area contributed by atoms with Gasteiger partial charge in [-0.3, -0.25) is 9.59 Å². The van der Waals surface area contributed by atoms with E-state index in [0.29, 0.717) is 19.4 Å². The summed E-state index contributed by atoms with van der Waals surface area (Å²) in [6.45, 7) is 0.397. The lowest BCUT2D eigenvalue weighted by Crippen LogP contribution is -2.49. The van der Waals surface area contributed by atoms with E-state index in [1.807, 2.05) is 0 Å². The lowest BCUT2D eigenvalue weighted by molar-refractivity contribution is -0.141. The number of carboxylic acids is 1. The molecule has 0 unspecified atom stereocenters. The first-order valence-electron chi connectivity index (χ1n) is 7.31. The molecule has 2 fully saturated rings. The minimum Gasteiger partial charge on any atom is -0.481 e. The minimum atomic E-state index is -0.747. The molecule has 0 spiro atoms. The van der Waals surface area contributed by atoms with Crippen LogP contribution in [0.4, 0.5) is 0 Å². The highest BCUT2D eigenvalue weighted by Gasteiger charge is 2.40. The van der Waals surface area contributed by atoms with E-state index in [9.17, 15) is 9.59 Å². The molecule has 0 aromatic heterocycles. The van der Waals surface area contributed by atoms with Crippen LogP contribution in [0.1, 0.15) is 51.4 Å². The van der Waals surface area contributed by atoms with Gasteiger partial charge in [-0.1, -0.05) is 19.3 Å². The van der Waals surface area contributed by atoms with Gasteiger partial charge in [-0.15, -0.1) is 0 Å². The summed E-state index contributed by atoms with van der Waals surface area (Å²) in [5.41, 5.74) is 5.43. The van der Waals surface area contributed by atoms with Crippen LogP contribution in [0.3, 0.4) is 0 Å². The largest absolute Gasteiger partial charge is 0.481 e.